The molecule has 0 aromatic heterocycles. The van der Waals surface area contributed by atoms with Gasteiger partial charge in [-0.1, -0.05) is 12.1 Å². The van der Waals surface area contributed by atoms with Crippen LogP contribution in [0.4, 0.5) is 5.69 Å². The second kappa shape index (κ2) is 3.88. The van der Waals surface area contributed by atoms with Crippen LogP contribution < -0.4 is 5.23 Å². The first-order valence-corrected chi connectivity index (χ1v) is 4.73. The first-order valence-electron chi connectivity index (χ1n) is 4.73. The molecule has 1 unspecified atom stereocenters. The van der Waals surface area contributed by atoms with Crippen molar-refractivity contribution in [2.75, 3.05) is 13.2 Å². The summed E-state index contributed by atoms with van der Waals surface area (Å²) in [6.45, 7) is 2.86. The minimum atomic E-state index is -0.946. The van der Waals surface area contributed by atoms with Crippen LogP contribution in [0.5, 0.6) is 0 Å². The second-order valence-corrected chi connectivity index (χ2v) is 3.53. The van der Waals surface area contributed by atoms with E-state index in [0.29, 0.717) is 13.2 Å². The van der Waals surface area contributed by atoms with Gasteiger partial charge in [-0.05, 0) is 6.92 Å². The van der Waals surface area contributed by atoms with Gasteiger partial charge in [0.05, 0.1) is 13.2 Å². The van der Waals surface area contributed by atoms with Crippen LogP contribution in [0.25, 0.3) is 0 Å². The first kappa shape index (κ1) is 10.5. The molecule has 1 aliphatic heterocycles. The van der Waals surface area contributed by atoms with E-state index in [1.807, 2.05) is 0 Å². The zero-order valence-corrected chi connectivity index (χ0v) is 8.40. The average Bonchev–Trinajstić information content (AvgIpc) is 2.67. The second-order valence-electron chi connectivity index (χ2n) is 3.53. The van der Waals surface area contributed by atoms with Crippen molar-refractivity contribution < 1.29 is 19.9 Å². The van der Waals surface area contributed by atoms with Crippen molar-refractivity contribution in [1.29, 1.82) is 0 Å². The van der Waals surface area contributed by atoms with Crippen LogP contribution in [-0.2, 0) is 15.3 Å². The van der Waals surface area contributed by atoms with Crippen molar-refractivity contribution in [3.63, 3.8) is 0 Å². The van der Waals surface area contributed by atoms with E-state index in [4.69, 9.17) is 14.7 Å². The summed E-state index contributed by atoms with van der Waals surface area (Å²) in [6, 6.07) is 6.62. The van der Waals surface area contributed by atoms with Crippen LogP contribution >= 0.6 is 0 Å². The van der Waals surface area contributed by atoms with Crippen LogP contribution in [0.15, 0.2) is 24.3 Å². The first-order chi connectivity index (χ1) is 7.12. The summed E-state index contributed by atoms with van der Waals surface area (Å²) >= 11 is 0. The van der Waals surface area contributed by atoms with Crippen LogP contribution in [0.2, 0.25) is 0 Å². The maximum absolute atomic E-state index is 10.8. The maximum Gasteiger partial charge on any atom is 0.192 e. The van der Waals surface area contributed by atoms with E-state index < -0.39 is 11.0 Å². The normalized spacial score (nSPS) is 21.5. The Morgan fingerprint density at radius 3 is 2.67 bits per heavy atom. The lowest BCUT2D eigenvalue weighted by molar-refractivity contribution is -0.991. The third kappa shape index (κ3) is 2.01. The molecule has 0 amide bonds. The fourth-order valence-electron chi connectivity index (χ4n) is 1.62. The Bertz CT molecular complexity index is 347. The zero-order chi connectivity index (χ0) is 10.9. The van der Waals surface area contributed by atoms with E-state index in [1.165, 1.54) is 0 Å². The van der Waals surface area contributed by atoms with Crippen molar-refractivity contribution >= 4 is 5.69 Å². The van der Waals surface area contributed by atoms with E-state index in [2.05, 4.69) is 0 Å². The molecule has 1 saturated heterocycles. The number of rotatable bonds is 2. The predicted molar refractivity (Wildman–Crippen MR) is 51.5 cm³/mol. The fourth-order valence-corrected chi connectivity index (χ4v) is 1.62. The summed E-state index contributed by atoms with van der Waals surface area (Å²) < 4.78 is 10.9. The molecule has 5 nitrogen and oxygen atoms in total. The molecule has 1 aliphatic rings. The van der Waals surface area contributed by atoms with Crippen LogP contribution in [0.3, 0.4) is 0 Å². The van der Waals surface area contributed by atoms with Crippen molar-refractivity contribution in [3.8, 4) is 0 Å². The van der Waals surface area contributed by atoms with Gasteiger partial charge >= 0.3 is 0 Å². The van der Waals surface area contributed by atoms with Gasteiger partial charge in [-0.2, -0.15) is 5.23 Å². The molecule has 1 aromatic rings. The van der Waals surface area contributed by atoms with Gasteiger partial charge in [0.15, 0.2) is 11.5 Å². The zero-order valence-electron chi connectivity index (χ0n) is 8.40. The Labute approximate surface area is 87.4 Å². The van der Waals surface area contributed by atoms with E-state index >= 15 is 0 Å². The maximum atomic E-state index is 10.8. The number of hydrogen-bond acceptors (Lipinski definition) is 4. The smallest absolute Gasteiger partial charge is 0.192 e. The number of nitrogens with one attached hydrogen (secondary N) is 1. The highest BCUT2D eigenvalue weighted by molar-refractivity contribution is 5.35. The number of hydrogen-bond donors (Lipinski definition) is 2. The van der Waals surface area contributed by atoms with Gasteiger partial charge in [-0.25, -0.2) is 5.21 Å². The van der Waals surface area contributed by atoms with E-state index in [-0.39, 0.29) is 5.69 Å². The molecule has 2 N–H and O–H groups in total. The predicted octanol–water partition coefficient (Wildman–Crippen LogP) is 0.310. The Morgan fingerprint density at radius 1 is 1.40 bits per heavy atom. The molecule has 15 heavy (non-hydrogen) atoms. The molecule has 1 aromatic carbocycles. The van der Waals surface area contributed by atoms with Gasteiger partial charge in [-0.3, -0.25) is 0 Å². The lowest BCUT2D eigenvalue weighted by Crippen LogP contribution is -2.99. The summed E-state index contributed by atoms with van der Waals surface area (Å²) in [5.41, 5.74) is 0.979. The summed E-state index contributed by atoms with van der Waals surface area (Å²) in [4.78, 5) is 0. The highest BCUT2D eigenvalue weighted by Gasteiger charge is 2.33. The largest absolute Gasteiger partial charge is 0.595 e. The van der Waals surface area contributed by atoms with Gasteiger partial charge in [-0.15, -0.1) is 0 Å². The van der Waals surface area contributed by atoms with Crippen molar-refractivity contribution in [2.45, 2.75) is 12.7 Å². The van der Waals surface area contributed by atoms with Gasteiger partial charge < -0.3 is 14.7 Å². The summed E-state index contributed by atoms with van der Waals surface area (Å²) in [5, 5.41) is 18.7. The molecule has 0 saturated carbocycles. The summed E-state index contributed by atoms with van der Waals surface area (Å²) in [7, 11) is 0. The van der Waals surface area contributed by atoms with E-state index in [0.717, 1.165) is 5.56 Å². The molecule has 0 bridgehead atoms. The molecule has 0 radical (unpaired) electrons. The standard InChI is InChI=1S/C10H13NO4/c1-10(14-5-6-15-10)8-3-2-4-9(7-8)11(12)13/h2-4,7,11-12H,5-6H2,1H3. The SMILES string of the molecule is CC1(c2cccc([NH+]([O-])O)c2)OCCO1. The van der Waals surface area contributed by atoms with Gasteiger partial charge in [0.25, 0.3) is 0 Å². The molecular weight excluding hydrogens is 198 g/mol. The highest BCUT2D eigenvalue weighted by Crippen LogP contribution is 2.31. The van der Waals surface area contributed by atoms with Crippen molar-refractivity contribution in [2.24, 2.45) is 0 Å². The minimum absolute atomic E-state index is 0.243. The van der Waals surface area contributed by atoms with Gasteiger partial charge in [0.2, 0.25) is 0 Å². The van der Waals surface area contributed by atoms with Crippen LogP contribution in [0, 0.1) is 5.21 Å². The quantitative estimate of drug-likeness (QED) is 0.691. The lowest BCUT2D eigenvalue weighted by atomic mass is 10.1. The third-order valence-electron chi connectivity index (χ3n) is 2.47. The number of quaternary nitrogens is 1. The Kier molecular flexibility index (Phi) is 2.72. The molecule has 0 spiro atoms. The minimum Gasteiger partial charge on any atom is -0.595 e. The lowest BCUT2D eigenvalue weighted by Gasteiger charge is -2.23. The molecular formula is C10H13NO4. The number of ether oxygens (including phenoxy) is 2. The molecule has 1 atom stereocenters. The van der Waals surface area contributed by atoms with Crippen molar-refractivity contribution in [3.05, 3.63) is 35.0 Å². The average molecular weight is 211 g/mol. The van der Waals surface area contributed by atoms with Crippen LogP contribution in [0.1, 0.15) is 12.5 Å². The molecule has 0 aliphatic carbocycles. The fraction of sp³-hybridized carbons (Fsp3) is 0.400. The molecule has 1 fully saturated rings. The topological polar surface area (TPSA) is 66.2 Å². The summed E-state index contributed by atoms with van der Waals surface area (Å²) in [5.74, 6) is -0.800. The highest BCUT2D eigenvalue weighted by atomic mass is 16.8. The third-order valence-corrected chi connectivity index (χ3v) is 2.47. The Hall–Kier alpha value is -0.980. The van der Waals surface area contributed by atoms with E-state index in [1.54, 1.807) is 31.2 Å². The number of benzene rings is 1. The van der Waals surface area contributed by atoms with Gasteiger partial charge in [0.1, 0.15) is 0 Å². The van der Waals surface area contributed by atoms with Crippen molar-refractivity contribution in [1.82, 2.24) is 0 Å². The summed E-state index contributed by atoms with van der Waals surface area (Å²) in [6.07, 6.45) is 0. The molecule has 1 heterocycles. The molecule has 5 heteroatoms. The van der Waals surface area contributed by atoms with Gasteiger partial charge in [0, 0.05) is 17.7 Å². The Balaban J connectivity index is 2.31. The Morgan fingerprint density at radius 2 is 2.07 bits per heavy atom. The molecule has 2 rings (SSSR count). The molecule has 82 valence electrons. The van der Waals surface area contributed by atoms with Crippen LogP contribution in [-0.4, -0.2) is 18.4 Å². The monoisotopic (exact) mass is 211 g/mol. The van der Waals surface area contributed by atoms with E-state index in [9.17, 15) is 5.21 Å².